The SMILES string of the molecule is COc1cc(C)c2c(c1)CCC/C2=N\NC(=O)CSc1cccc2cccnc12. The number of fused-ring (bicyclic) bond motifs is 2. The molecule has 0 atom stereocenters. The van der Waals surface area contributed by atoms with E-state index >= 15 is 0 Å². The molecule has 5 nitrogen and oxygen atoms in total. The molecule has 29 heavy (non-hydrogen) atoms. The van der Waals surface area contributed by atoms with Gasteiger partial charge >= 0.3 is 0 Å². The van der Waals surface area contributed by atoms with Crippen LogP contribution in [0, 0.1) is 6.92 Å². The fourth-order valence-electron chi connectivity index (χ4n) is 3.73. The second-order valence-corrected chi connectivity index (χ2v) is 8.06. The van der Waals surface area contributed by atoms with E-state index in [0.717, 1.165) is 57.6 Å². The van der Waals surface area contributed by atoms with Crippen LogP contribution in [0.3, 0.4) is 0 Å². The number of hydrogen-bond donors (Lipinski definition) is 1. The number of aromatic nitrogens is 1. The second-order valence-electron chi connectivity index (χ2n) is 7.05. The molecule has 1 aromatic heterocycles. The molecule has 0 saturated carbocycles. The van der Waals surface area contributed by atoms with Crippen molar-refractivity contribution in [3.8, 4) is 5.75 Å². The van der Waals surface area contributed by atoms with Gasteiger partial charge in [-0.3, -0.25) is 9.78 Å². The standard InChI is InChI=1S/C23H23N3O2S/c1-15-12-18(28-2)13-17-7-3-9-19(22(15)17)25-26-21(27)14-29-20-10-4-6-16-8-5-11-24-23(16)20/h4-6,8,10-13H,3,7,9,14H2,1-2H3,(H,26,27)/b25-19+. The van der Waals surface area contributed by atoms with Crippen molar-refractivity contribution in [2.24, 2.45) is 5.10 Å². The van der Waals surface area contributed by atoms with Gasteiger partial charge in [0.2, 0.25) is 5.91 Å². The van der Waals surface area contributed by atoms with Crippen LogP contribution in [0.5, 0.6) is 5.75 Å². The molecule has 1 heterocycles. The summed E-state index contributed by atoms with van der Waals surface area (Å²) in [5, 5.41) is 5.53. The number of carbonyl (C=O) groups is 1. The molecule has 0 radical (unpaired) electrons. The maximum atomic E-state index is 12.4. The lowest BCUT2D eigenvalue weighted by atomic mass is 9.87. The number of aryl methyl sites for hydroxylation is 2. The Bertz CT molecular complexity index is 1090. The number of ether oxygens (including phenoxy) is 1. The Hall–Kier alpha value is -2.86. The molecule has 0 spiro atoms. The summed E-state index contributed by atoms with van der Waals surface area (Å²) in [5.41, 5.74) is 8.11. The van der Waals surface area contributed by atoms with Crippen LogP contribution < -0.4 is 10.2 Å². The summed E-state index contributed by atoms with van der Waals surface area (Å²) >= 11 is 1.48. The molecule has 3 aromatic rings. The molecule has 0 saturated heterocycles. The third-order valence-corrected chi connectivity index (χ3v) is 6.09. The van der Waals surface area contributed by atoms with Gasteiger partial charge in [-0.15, -0.1) is 11.8 Å². The first-order valence-corrected chi connectivity index (χ1v) is 10.6. The molecule has 2 aromatic carbocycles. The fourth-order valence-corrected chi connectivity index (χ4v) is 4.57. The van der Waals surface area contributed by atoms with Gasteiger partial charge in [-0.1, -0.05) is 18.2 Å². The molecule has 6 heteroatoms. The average molecular weight is 406 g/mol. The summed E-state index contributed by atoms with van der Waals surface area (Å²) in [5.74, 6) is 1.04. The molecule has 4 rings (SSSR count). The fraction of sp³-hybridized carbons (Fsp3) is 0.261. The van der Waals surface area contributed by atoms with E-state index in [1.807, 2.05) is 36.4 Å². The molecule has 148 valence electrons. The summed E-state index contributed by atoms with van der Waals surface area (Å²) in [7, 11) is 1.68. The van der Waals surface area contributed by atoms with Crippen molar-refractivity contribution in [2.75, 3.05) is 12.9 Å². The molecule has 0 fully saturated rings. The largest absolute Gasteiger partial charge is 0.497 e. The third-order valence-electron chi connectivity index (χ3n) is 5.04. The summed E-state index contributed by atoms with van der Waals surface area (Å²) in [4.78, 5) is 17.8. The van der Waals surface area contributed by atoms with Gasteiger partial charge in [-0.25, -0.2) is 5.43 Å². The number of methoxy groups -OCH3 is 1. The van der Waals surface area contributed by atoms with Crippen LogP contribution in [0.25, 0.3) is 10.9 Å². The summed E-state index contributed by atoms with van der Waals surface area (Å²) in [6.45, 7) is 2.06. The Labute approximate surface area is 174 Å². The van der Waals surface area contributed by atoms with Crippen LogP contribution in [0.1, 0.15) is 29.5 Å². The zero-order valence-corrected chi connectivity index (χ0v) is 17.4. The van der Waals surface area contributed by atoms with Crippen molar-refractivity contribution < 1.29 is 9.53 Å². The van der Waals surface area contributed by atoms with E-state index in [1.54, 1.807) is 13.3 Å². The number of nitrogens with zero attached hydrogens (tertiary/aromatic N) is 2. The Morgan fingerprint density at radius 1 is 1.24 bits per heavy atom. The van der Waals surface area contributed by atoms with Gasteiger partial charge in [0, 0.05) is 22.0 Å². The van der Waals surface area contributed by atoms with Crippen molar-refractivity contribution >= 4 is 34.3 Å². The lowest BCUT2D eigenvalue weighted by Gasteiger charge is -2.21. The first-order valence-electron chi connectivity index (χ1n) is 9.65. The van der Waals surface area contributed by atoms with E-state index in [2.05, 4.69) is 28.5 Å². The second kappa shape index (κ2) is 8.66. The van der Waals surface area contributed by atoms with E-state index in [1.165, 1.54) is 17.3 Å². The van der Waals surface area contributed by atoms with E-state index < -0.39 is 0 Å². The zero-order valence-electron chi connectivity index (χ0n) is 16.6. The number of carbonyl (C=O) groups excluding carboxylic acids is 1. The number of rotatable bonds is 5. The molecule has 1 amide bonds. The monoisotopic (exact) mass is 405 g/mol. The molecule has 0 aliphatic heterocycles. The van der Waals surface area contributed by atoms with Gasteiger partial charge in [0.05, 0.1) is 24.1 Å². The van der Waals surface area contributed by atoms with E-state index in [4.69, 9.17) is 4.74 Å². The predicted octanol–water partition coefficient (Wildman–Crippen LogP) is 4.50. The van der Waals surface area contributed by atoms with E-state index in [0.29, 0.717) is 5.75 Å². The molecule has 1 aliphatic rings. The van der Waals surface area contributed by atoms with Crippen LogP contribution in [-0.4, -0.2) is 29.5 Å². The van der Waals surface area contributed by atoms with Gasteiger partial charge in [0.1, 0.15) is 5.75 Å². The number of benzene rings is 2. The minimum absolute atomic E-state index is 0.117. The highest BCUT2D eigenvalue weighted by Gasteiger charge is 2.19. The Kier molecular flexibility index (Phi) is 5.81. The number of amides is 1. The van der Waals surface area contributed by atoms with E-state index in [-0.39, 0.29) is 5.91 Å². The predicted molar refractivity (Wildman–Crippen MR) is 118 cm³/mol. The molecule has 0 bridgehead atoms. The number of para-hydroxylation sites is 1. The number of thioether (sulfide) groups is 1. The number of hydrazone groups is 1. The van der Waals surface area contributed by atoms with Crippen molar-refractivity contribution in [1.29, 1.82) is 0 Å². The van der Waals surface area contributed by atoms with Gasteiger partial charge in [0.25, 0.3) is 0 Å². The maximum absolute atomic E-state index is 12.4. The molecule has 0 unspecified atom stereocenters. The Balaban J connectivity index is 1.46. The Morgan fingerprint density at radius 3 is 2.97 bits per heavy atom. The highest BCUT2D eigenvalue weighted by molar-refractivity contribution is 8.00. The number of nitrogens with one attached hydrogen (secondary N) is 1. The van der Waals surface area contributed by atoms with Crippen molar-refractivity contribution in [3.05, 3.63) is 65.4 Å². The summed E-state index contributed by atoms with van der Waals surface area (Å²) in [6, 6.07) is 14.0. The first-order chi connectivity index (χ1) is 14.2. The quantitative estimate of drug-likeness (QED) is 0.501. The summed E-state index contributed by atoms with van der Waals surface area (Å²) in [6.07, 6.45) is 4.66. The average Bonchev–Trinajstić information content (AvgIpc) is 2.75. The minimum Gasteiger partial charge on any atom is -0.497 e. The molecular formula is C23H23N3O2S. The first kappa shape index (κ1) is 19.5. The lowest BCUT2D eigenvalue weighted by molar-refractivity contribution is -0.118. The van der Waals surface area contributed by atoms with Crippen LogP contribution in [0.4, 0.5) is 0 Å². The van der Waals surface area contributed by atoms with Crippen molar-refractivity contribution in [3.63, 3.8) is 0 Å². The molecule has 1 aliphatic carbocycles. The van der Waals surface area contributed by atoms with Crippen LogP contribution >= 0.6 is 11.8 Å². The Morgan fingerprint density at radius 2 is 2.10 bits per heavy atom. The van der Waals surface area contributed by atoms with Gasteiger partial charge in [-0.05, 0) is 61.6 Å². The topological polar surface area (TPSA) is 63.6 Å². The van der Waals surface area contributed by atoms with Gasteiger partial charge < -0.3 is 4.74 Å². The smallest absolute Gasteiger partial charge is 0.250 e. The van der Waals surface area contributed by atoms with Crippen molar-refractivity contribution in [2.45, 2.75) is 31.1 Å². The van der Waals surface area contributed by atoms with Crippen LogP contribution in [0.15, 0.2) is 58.7 Å². The van der Waals surface area contributed by atoms with Crippen LogP contribution in [0.2, 0.25) is 0 Å². The van der Waals surface area contributed by atoms with Gasteiger partial charge in [0.15, 0.2) is 0 Å². The highest BCUT2D eigenvalue weighted by Crippen LogP contribution is 2.29. The zero-order chi connectivity index (χ0) is 20.2. The normalized spacial score (nSPS) is 14.6. The minimum atomic E-state index is -0.117. The summed E-state index contributed by atoms with van der Waals surface area (Å²) < 4.78 is 5.38. The highest BCUT2D eigenvalue weighted by atomic mass is 32.2. The van der Waals surface area contributed by atoms with Gasteiger partial charge in [-0.2, -0.15) is 5.10 Å². The maximum Gasteiger partial charge on any atom is 0.250 e. The van der Waals surface area contributed by atoms with Crippen molar-refractivity contribution in [1.82, 2.24) is 10.4 Å². The third kappa shape index (κ3) is 4.27. The van der Waals surface area contributed by atoms with Crippen LogP contribution in [-0.2, 0) is 11.2 Å². The number of pyridine rings is 1. The lowest BCUT2D eigenvalue weighted by Crippen LogP contribution is -2.24. The van der Waals surface area contributed by atoms with E-state index in [9.17, 15) is 4.79 Å². The molecular weight excluding hydrogens is 382 g/mol. The number of hydrogen-bond acceptors (Lipinski definition) is 5. The molecule has 1 N–H and O–H groups in total.